The molecule has 2 rings (SSSR count). The number of rotatable bonds is 5. The number of aryl methyl sites for hydroxylation is 2. The van der Waals surface area contributed by atoms with Crippen LogP contribution in [-0.4, -0.2) is 48.8 Å². The van der Waals surface area contributed by atoms with Crippen LogP contribution in [-0.2, 0) is 16.6 Å². The molecular formula is C13H24N4O2S. The molecule has 7 heteroatoms. The fourth-order valence-corrected chi connectivity index (χ4v) is 4.07. The molecule has 1 saturated heterocycles. The lowest BCUT2D eigenvalue weighted by molar-refractivity contribution is 0.217. The van der Waals surface area contributed by atoms with Crippen molar-refractivity contribution in [2.75, 3.05) is 19.6 Å². The van der Waals surface area contributed by atoms with Crippen molar-refractivity contribution in [1.82, 2.24) is 19.4 Å². The van der Waals surface area contributed by atoms with Crippen LogP contribution in [0.1, 0.15) is 32.4 Å². The lowest BCUT2D eigenvalue weighted by Crippen LogP contribution is -2.44. The summed E-state index contributed by atoms with van der Waals surface area (Å²) in [5.41, 5.74) is 0.561. The summed E-state index contributed by atoms with van der Waals surface area (Å²) >= 11 is 0. The minimum atomic E-state index is -3.46. The first-order chi connectivity index (χ1) is 9.46. The number of hydrogen-bond acceptors (Lipinski definition) is 4. The third-order valence-corrected chi connectivity index (χ3v) is 5.49. The van der Waals surface area contributed by atoms with Gasteiger partial charge in [0.05, 0.1) is 5.69 Å². The van der Waals surface area contributed by atoms with E-state index in [9.17, 15) is 8.42 Å². The number of aromatic nitrogens is 2. The molecule has 6 nitrogen and oxygen atoms in total. The molecule has 0 amide bonds. The van der Waals surface area contributed by atoms with Gasteiger partial charge in [-0.2, -0.15) is 5.10 Å². The molecule has 1 aromatic heterocycles. The summed E-state index contributed by atoms with van der Waals surface area (Å²) in [5.74, 6) is 0. The van der Waals surface area contributed by atoms with Crippen LogP contribution in [0, 0.1) is 6.92 Å². The first-order valence-electron chi connectivity index (χ1n) is 7.25. The van der Waals surface area contributed by atoms with E-state index in [0.717, 1.165) is 32.5 Å². The lowest BCUT2D eigenvalue weighted by atomic mass is 10.1. The van der Waals surface area contributed by atoms with Gasteiger partial charge in [-0.25, -0.2) is 13.1 Å². The van der Waals surface area contributed by atoms with Crippen molar-refractivity contribution < 1.29 is 8.42 Å². The number of nitrogens with one attached hydrogen (secondary N) is 1. The summed E-state index contributed by atoms with van der Waals surface area (Å²) in [5, 5.41) is 4.20. The topological polar surface area (TPSA) is 67.2 Å². The second-order valence-electron chi connectivity index (χ2n) is 5.26. The fourth-order valence-electron chi connectivity index (χ4n) is 2.58. The number of likely N-dealkylation sites (tertiary alicyclic amines) is 1. The Hall–Kier alpha value is -0.920. The Morgan fingerprint density at radius 3 is 2.45 bits per heavy atom. The van der Waals surface area contributed by atoms with Crippen molar-refractivity contribution in [3.05, 3.63) is 11.9 Å². The average Bonchev–Trinajstić information content (AvgIpc) is 2.81. The second-order valence-corrected chi connectivity index (χ2v) is 6.95. The van der Waals surface area contributed by atoms with Crippen molar-refractivity contribution >= 4 is 10.0 Å². The standard InChI is InChI=1S/C13H24N4O2S/c1-4-16-8-6-12(7-9-16)15-20(18,19)13-10-17(5-2)14-11(13)3/h10,12,15H,4-9H2,1-3H3. The zero-order chi connectivity index (χ0) is 14.8. The Balaban J connectivity index is 2.06. The Kier molecular flexibility index (Phi) is 4.82. The van der Waals surface area contributed by atoms with E-state index in [-0.39, 0.29) is 6.04 Å². The van der Waals surface area contributed by atoms with Gasteiger partial charge in [0.1, 0.15) is 4.90 Å². The molecule has 0 spiro atoms. The van der Waals surface area contributed by atoms with E-state index in [1.165, 1.54) is 0 Å². The van der Waals surface area contributed by atoms with Crippen LogP contribution in [0.25, 0.3) is 0 Å². The van der Waals surface area contributed by atoms with Gasteiger partial charge in [-0.1, -0.05) is 6.92 Å². The predicted molar refractivity (Wildman–Crippen MR) is 78.1 cm³/mol. The van der Waals surface area contributed by atoms with Crippen LogP contribution in [0.3, 0.4) is 0 Å². The van der Waals surface area contributed by atoms with Crippen molar-refractivity contribution in [3.8, 4) is 0 Å². The molecule has 1 aliphatic rings. The molecular weight excluding hydrogens is 276 g/mol. The van der Waals surface area contributed by atoms with Crippen LogP contribution in [0.4, 0.5) is 0 Å². The maximum Gasteiger partial charge on any atom is 0.244 e. The van der Waals surface area contributed by atoms with Crippen LogP contribution in [0.5, 0.6) is 0 Å². The average molecular weight is 300 g/mol. The Morgan fingerprint density at radius 2 is 1.95 bits per heavy atom. The summed E-state index contributed by atoms with van der Waals surface area (Å²) < 4.78 is 29.3. The monoisotopic (exact) mass is 300 g/mol. The summed E-state index contributed by atoms with van der Waals surface area (Å²) in [6.45, 7) is 9.42. The zero-order valence-corrected chi connectivity index (χ0v) is 13.3. The Bertz CT molecular complexity index is 545. The molecule has 1 fully saturated rings. The normalized spacial score (nSPS) is 18.6. The maximum atomic E-state index is 12.4. The predicted octanol–water partition coefficient (Wildman–Crippen LogP) is 0.974. The van der Waals surface area contributed by atoms with E-state index in [1.807, 2.05) is 6.92 Å². The maximum absolute atomic E-state index is 12.4. The summed E-state index contributed by atoms with van der Waals surface area (Å²) in [7, 11) is -3.46. The molecule has 0 saturated carbocycles. The molecule has 0 atom stereocenters. The number of nitrogens with zero attached hydrogens (tertiary/aromatic N) is 3. The quantitative estimate of drug-likeness (QED) is 0.880. The van der Waals surface area contributed by atoms with Gasteiger partial charge in [-0.15, -0.1) is 0 Å². The van der Waals surface area contributed by atoms with E-state index >= 15 is 0 Å². The van der Waals surface area contributed by atoms with Crippen LogP contribution in [0.2, 0.25) is 0 Å². The summed E-state index contributed by atoms with van der Waals surface area (Å²) in [6.07, 6.45) is 3.35. The molecule has 0 aliphatic carbocycles. The van der Waals surface area contributed by atoms with Crippen molar-refractivity contribution in [1.29, 1.82) is 0 Å². The minimum Gasteiger partial charge on any atom is -0.303 e. The molecule has 114 valence electrons. The van der Waals surface area contributed by atoms with Gasteiger partial charge >= 0.3 is 0 Å². The minimum absolute atomic E-state index is 0.0344. The van der Waals surface area contributed by atoms with Crippen molar-refractivity contribution in [2.24, 2.45) is 0 Å². The van der Waals surface area contributed by atoms with E-state index in [1.54, 1.807) is 17.8 Å². The molecule has 1 aromatic rings. The van der Waals surface area contributed by atoms with Gasteiger partial charge in [-0.3, -0.25) is 4.68 Å². The Labute approximate surface area is 121 Å². The third kappa shape index (κ3) is 3.39. The van der Waals surface area contributed by atoms with Crippen LogP contribution < -0.4 is 4.72 Å². The largest absolute Gasteiger partial charge is 0.303 e. The van der Waals surface area contributed by atoms with E-state index < -0.39 is 10.0 Å². The molecule has 0 aromatic carbocycles. The van der Waals surface area contributed by atoms with Gasteiger partial charge < -0.3 is 4.90 Å². The lowest BCUT2D eigenvalue weighted by Gasteiger charge is -2.31. The highest BCUT2D eigenvalue weighted by Crippen LogP contribution is 2.17. The molecule has 0 bridgehead atoms. The van der Waals surface area contributed by atoms with Gasteiger partial charge in [0.2, 0.25) is 10.0 Å². The Morgan fingerprint density at radius 1 is 1.30 bits per heavy atom. The van der Waals surface area contributed by atoms with Gasteiger partial charge in [0, 0.05) is 18.8 Å². The smallest absolute Gasteiger partial charge is 0.244 e. The number of piperidine rings is 1. The highest BCUT2D eigenvalue weighted by Gasteiger charge is 2.26. The van der Waals surface area contributed by atoms with E-state index in [4.69, 9.17) is 0 Å². The molecule has 0 unspecified atom stereocenters. The molecule has 0 radical (unpaired) electrons. The van der Waals surface area contributed by atoms with Crippen molar-refractivity contribution in [2.45, 2.75) is 51.1 Å². The summed E-state index contributed by atoms with van der Waals surface area (Å²) in [6, 6.07) is 0.0344. The zero-order valence-electron chi connectivity index (χ0n) is 12.5. The first kappa shape index (κ1) is 15.5. The van der Waals surface area contributed by atoms with Gasteiger partial charge in [0.25, 0.3) is 0 Å². The van der Waals surface area contributed by atoms with E-state index in [2.05, 4.69) is 21.6 Å². The van der Waals surface area contributed by atoms with Crippen LogP contribution >= 0.6 is 0 Å². The number of sulfonamides is 1. The molecule has 20 heavy (non-hydrogen) atoms. The molecule has 1 aliphatic heterocycles. The summed E-state index contributed by atoms with van der Waals surface area (Å²) in [4.78, 5) is 2.64. The molecule has 2 heterocycles. The second kappa shape index (κ2) is 6.24. The van der Waals surface area contributed by atoms with Gasteiger partial charge in [-0.05, 0) is 46.3 Å². The third-order valence-electron chi connectivity index (χ3n) is 3.87. The SMILES string of the molecule is CCN1CCC(NS(=O)(=O)c2cn(CC)nc2C)CC1. The fraction of sp³-hybridized carbons (Fsp3) is 0.769. The molecule has 1 N–H and O–H groups in total. The highest BCUT2D eigenvalue weighted by molar-refractivity contribution is 7.89. The van der Waals surface area contributed by atoms with Crippen molar-refractivity contribution in [3.63, 3.8) is 0 Å². The highest BCUT2D eigenvalue weighted by atomic mass is 32.2. The van der Waals surface area contributed by atoms with E-state index in [0.29, 0.717) is 17.1 Å². The van der Waals surface area contributed by atoms with Gasteiger partial charge in [0.15, 0.2) is 0 Å². The first-order valence-corrected chi connectivity index (χ1v) is 8.73. The number of hydrogen-bond donors (Lipinski definition) is 1. The van der Waals surface area contributed by atoms with Crippen LogP contribution in [0.15, 0.2) is 11.1 Å².